The minimum absolute atomic E-state index is 0.678. The van der Waals surface area contributed by atoms with Crippen molar-refractivity contribution in [3.63, 3.8) is 0 Å². The molecule has 1 saturated carbocycles. The highest BCUT2D eigenvalue weighted by Gasteiger charge is 2.23. The maximum absolute atomic E-state index is 5.28. The minimum Gasteiger partial charge on any atom is -0.385 e. The van der Waals surface area contributed by atoms with Gasteiger partial charge in [-0.25, -0.2) is 0 Å². The lowest BCUT2D eigenvalue weighted by molar-refractivity contribution is 0.194. The molecule has 3 nitrogen and oxygen atoms in total. The van der Waals surface area contributed by atoms with Gasteiger partial charge in [0.1, 0.15) is 0 Å². The summed E-state index contributed by atoms with van der Waals surface area (Å²) in [6, 6.07) is 0.678. The van der Waals surface area contributed by atoms with Crippen molar-refractivity contribution >= 4 is 17.3 Å². The van der Waals surface area contributed by atoms with E-state index < -0.39 is 0 Å². The zero-order valence-corrected chi connectivity index (χ0v) is 9.90. The molecule has 0 amide bonds. The second kappa shape index (κ2) is 6.19. The van der Waals surface area contributed by atoms with Crippen LogP contribution < -0.4 is 5.32 Å². The van der Waals surface area contributed by atoms with Crippen LogP contribution in [-0.4, -0.2) is 43.4 Å². The third-order valence-electron chi connectivity index (χ3n) is 2.74. The molecule has 0 radical (unpaired) electrons. The third kappa shape index (κ3) is 3.42. The summed E-state index contributed by atoms with van der Waals surface area (Å²) in [6.07, 6.45) is 4.93. The molecule has 0 unspecified atom stereocenters. The molecule has 1 fully saturated rings. The molecule has 4 heteroatoms. The van der Waals surface area contributed by atoms with Crippen LogP contribution in [0.3, 0.4) is 0 Å². The molecule has 1 rings (SSSR count). The van der Waals surface area contributed by atoms with Crippen LogP contribution in [-0.2, 0) is 4.74 Å². The van der Waals surface area contributed by atoms with E-state index in [1.807, 2.05) is 0 Å². The van der Waals surface area contributed by atoms with Crippen LogP contribution in [0.4, 0.5) is 0 Å². The summed E-state index contributed by atoms with van der Waals surface area (Å²) in [6.45, 7) is 1.70. The number of thiocarbonyl (C=S) groups is 1. The van der Waals surface area contributed by atoms with Crippen LogP contribution in [0.5, 0.6) is 0 Å². The van der Waals surface area contributed by atoms with Gasteiger partial charge in [-0.05, 0) is 37.9 Å². The fraction of sp³-hybridized carbons (Fsp3) is 0.900. The average Bonchev–Trinajstić information content (AvgIpc) is 2.09. The fourth-order valence-electron chi connectivity index (χ4n) is 1.48. The first-order chi connectivity index (χ1) is 6.75. The normalized spacial score (nSPS) is 16.1. The van der Waals surface area contributed by atoms with Gasteiger partial charge < -0.3 is 15.0 Å². The van der Waals surface area contributed by atoms with Crippen LogP contribution in [0.2, 0.25) is 0 Å². The maximum atomic E-state index is 5.28. The van der Waals surface area contributed by atoms with E-state index in [4.69, 9.17) is 17.0 Å². The molecule has 0 aromatic rings. The summed E-state index contributed by atoms with van der Waals surface area (Å²) >= 11 is 5.28. The Morgan fingerprint density at radius 1 is 1.57 bits per heavy atom. The van der Waals surface area contributed by atoms with Gasteiger partial charge in [0.05, 0.1) is 0 Å². The first kappa shape index (κ1) is 11.7. The molecule has 0 saturated heterocycles. The van der Waals surface area contributed by atoms with Gasteiger partial charge >= 0.3 is 0 Å². The van der Waals surface area contributed by atoms with Crippen molar-refractivity contribution in [2.24, 2.45) is 0 Å². The van der Waals surface area contributed by atoms with Gasteiger partial charge in [0, 0.05) is 33.4 Å². The minimum atomic E-state index is 0.678. The molecule has 14 heavy (non-hydrogen) atoms. The predicted octanol–water partition coefficient (Wildman–Crippen LogP) is 1.38. The monoisotopic (exact) mass is 216 g/mol. The fourth-order valence-corrected chi connectivity index (χ4v) is 1.73. The van der Waals surface area contributed by atoms with Gasteiger partial charge in [-0.2, -0.15) is 0 Å². The molecule has 82 valence electrons. The van der Waals surface area contributed by atoms with E-state index in [0.29, 0.717) is 6.04 Å². The van der Waals surface area contributed by atoms with Crippen molar-refractivity contribution < 1.29 is 4.74 Å². The van der Waals surface area contributed by atoms with Gasteiger partial charge in [0.2, 0.25) is 0 Å². The summed E-state index contributed by atoms with van der Waals surface area (Å²) in [5.74, 6) is 0. The molecular weight excluding hydrogens is 196 g/mol. The second-order valence-corrected chi connectivity index (χ2v) is 4.16. The van der Waals surface area contributed by atoms with E-state index in [9.17, 15) is 0 Å². The molecule has 0 aliphatic heterocycles. The Bertz CT molecular complexity index is 183. The molecule has 0 atom stereocenters. The largest absolute Gasteiger partial charge is 0.385 e. The number of ether oxygens (including phenoxy) is 1. The van der Waals surface area contributed by atoms with Crippen molar-refractivity contribution in [2.75, 3.05) is 27.3 Å². The van der Waals surface area contributed by atoms with Crippen molar-refractivity contribution in [1.29, 1.82) is 0 Å². The van der Waals surface area contributed by atoms with Gasteiger partial charge in [0.15, 0.2) is 5.11 Å². The summed E-state index contributed by atoms with van der Waals surface area (Å²) < 4.78 is 4.97. The van der Waals surface area contributed by atoms with Gasteiger partial charge in [-0.15, -0.1) is 0 Å². The Morgan fingerprint density at radius 2 is 2.29 bits per heavy atom. The average molecular weight is 216 g/mol. The Labute approximate surface area is 91.8 Å². The lowest BCUT2D eigenvalue weighted by Gasteiger charge is -2.36. The first-order valence-electron chi connectivity index (χ1n) is 5.25. The first-order valence-corrected chi connectivity index (χ1v) is 5.66. The number of hydrogen-bond donors (Lipinski definition) is 1. The number of nitrogens with zero attached hydrogens (tertiary/aromatic N) is 1. The van der Waals surface area contributed by atoms with Crippen molar-refractivity contribution in [1.82, 2.24) is 10.2 Å². The van der Waals surface area contributed by atoms with E-state index in [2.05, 4.69) is 17.3 Å². The molecule has 0 heterocycles. The summed E-state index contributed by atoms with van der Waals surface area (Å²) in [5.41, 5.74) is 0. The van der Waals surface area contributed by atoms with Gasteiger partial charge in [-0.1, -0.05) is 0 Å². The van der Waals surface area contributed by atoms with Crippen molar-refractivity contribution in [3.05, 3.63) is 0 Å². The van der Waals surface area contributed by atoms with Crippen LogP contribution in [0.15, 0.2) is 0 Å². The molecule has 0 bridgehead atoms. The van der Waals surface area contributed by atoms with Crippen LogP contribution in [0.1, 0.15) is 25.7 Å². The highest BCUT2D eigenvalue weighted by Crippen LogP contribution is 2.23. The zero-order valence-electron chi connectivity index (χ0n) is 9.08. The van der Waals surface area contributed by atoms with Crippen LogP contribution in [0.25, 0.3) is 0 Å². The van der Waals surface area contributed by atoms with E-state index in [1.165, 1.54) is 19.3 Å². The quantitative estimate of drug-likeness (QED) is 0.554. The number of methoxy groups -OCH3 is 1. The molecule has 1 N–H and O–H groups in total. The molecular formula is C10H20N2OS. The van der Waals surface area contributed by atoms with Gasteiger partial charge in [0.25, 0.3) is 0 Å². The highest BCUT2D eigenvalue weighted by atomic mass is 32.1. The Kier molecular flexibility index (Phi) is 5.19. The Morgan fingerprint density at radius 3 is 2.79 bits per heavy atom. The van der Waals surface area contributed by atoms with Crippen LogP contribution >= 0.6 is 12.2 Å². The molecule has 0 aromatic heterocycles. The summed E-state index contributed by atoms with van der Waals surface area (Å²) in [7, 11) is 3.80. The molecule has 1 aliphatic rings. The molecule has 1 aliphatic carbocycles. The molecule has 0 spiro atoms. The Hall–Kier alpha value is -0.350. The summed E-state index contributed by atoms with van der Waals surface area (Å²) in [5, 5.41) is 4.12. The lowest BCUT2D eigenvalue weighted by Crippen LogP contribution is -2.46. The molecule has 0 aromatic carbocycles. The number of nitrogens with one attached hydrogen (secondary N) is 1. The van der Waals surface area contributed by atoms with E-state index in [0.717, 1.165) is 24.7 Å². The SMILES string of the molecule is COCCCNC(=S)N(C)C1CCC1. The standard InChI is InChI=1S/C10H20N2OS/c1-12(9-5-3-6-9)10(14)11-7-4-8-13-2/h9H,3-8H2,1-2H3,(H,11,14). The van der Waals surface area contributed by atoms with E-state index in [-0.39, 0.29) is 0 Å². The predicted molar refractivity (Wildman–Crippen MR) is 62.5 cm³/mol. The van der Waals surface area contributed by atoms with Gasteiger partial charge in [-0.3, -0.25) is 0 Å². The lowest BCUT2D eigenvalue weighted by atomic mass is 9.92. The zero-order chi connectivity index (χ0) is 10.4. The van der Waals surface area contributed by atoms with E-state index >= 15 is 0 Å². The van der Waals surface area contributed by atoms with Crippen molar-refractivity contribution in [2.45, 2.75) is 31.7 Å². The smallest absolute Gasteiger partial charge is 0.168 e. The third-order valence-corrected chi connectivity index (χ3v) is 3.18. The van der Waals surface area contributed by atoms with E-state index in [1.54, 1.807) is 7.11 Å². The second-order valence-electron chi connectivity index (χ2n) is 3.77. The number of hydrogen-bond acceptors (Lipinski definition) is 2. The highest BCUT2D eigenvalue weighted by molar-refractivity contribution is 7.80. The Balaban J connectivity index is 2.07. The summed E-state index contributed by atoms with van der Waals surface area (Å²) in [4.78, 5) is 2.19. The van der Waals surface area contributed by atoms with Crippen LogP contribution in [0, 0.1) is 0 Å². The maximum Gasteiger partial charge on any atom is 0.168 e. The van der Waals surface area contributed by atoms with Crippen molar-refractivity contribution in [3.8, 4) is 0 Å². The topological polar surface area (TPSA) is 24.5 Å². The number of rotatable bonds is 5.